The van der Waals surface area contributed by atoms with Gasteiger partial charge >= 0.3 is 0 Å². The van der Waals surface area contributed by atoms with Gasteiger partial charge in [0.1, 0.15) is 12.2 Å². The maximum Gasteiger partial charge on any atom is 0.249 e. The van der Waals surface area contributed by atoms with Crippen molar-refractivity contribution >= 4 is 5.91 Å². The number of nitrogens with zero attached hydrogens (tertiary/aromatic N) is 6. The minimum atomic E-state index is -0.588. The van der Waals surface area contributed by atoms with Gasteiger partial charge in [0.2, 0.25) is 5.91 Å². The van der Waals surface area contributed by atoms with Gasteiger partial charge in [-0.05, 0) is 16.0 Å². The molecule has 0 aliphatic carbocycles. The molecule has 8 nitrogen and oxygen atoms in total. The van der Waals surface area contributed by atoms with Crippen LogP contribution in [-0.4, -0.2) is 42.2 Å². The Bertz CT molecular complexity index is 767. The van der Waals surface area contributed by atoms with E-state index in [1.54, 1.807) is 6.20 Å². The van der Waals surface area contributed by atoms with Crippen molar-refractivity contribution in [3.05, 3.63) is 60.4 Å². The molecule has 0 fully saturated rings. The number of nitrogens with one attached hydrogen (secondary N) is 1. The molecule has 0 spiro atoms. The molecule has 24 heavy (non-hydrogen) atoms. The third-order valence-corrected chi connectivity index (χ3v) is 3.76. The lowest BCUT2D eigenvalue weighted by Gasteiger charge is -2.17. The first kappa shape index (κ1) is 15.9. The Morgan fingerprint density at radius 2 is 2.12 bits per heavy atom. The van der Waals surface area contributed by atoms with Gasteiger partial charge in [0.25, 0.3) is 0 Å². The van der Waals surface area contributed by atoms with E-state index >= 15 is 0 Å². The first-order valence-corrected chi connectivity index (χ1v) is 7.84. The topological polar surface area (TPSA) is 90.5 Å². The molecular formula is C16H19N7O. The fourth-order valence-electron chi connectivity index (χ4n) is 2.60. The van der Waals surface area contributed by atoms with Crippen molar-refractivity contribution < 1.29 is 4.79 Å². The minimum Gasteiger partial charge on any atom is -0.352 e. The fraction of sp³-hybridized carbons (Fsp3) is 0.312. The second-order valence-corrected chi connectivity index (χ2v) is 5.28. The van der Waals surface area contributed by atoms with Gasteiger partial charge < -0.3 is 9.88 Å². The molecule has 8 heteroatoms. The van der Waals surface area contributed by atoms with E-state index < -0.39 is 6.04 Å². The number of hydrogen-bond acceptors (Lipinski definition) is 5. The van der Waals surface area contributed by atoms with E-state index in [1.165, 1.54) is 11.0 Å². The highest BCUT2D eigenvalue weighted by Gasteiger charge is 2.23. The van der Waals surface area contributed by atoms with Gasteiger partial charge in [-0.1, -0.05) is 37.3 Å². The van der Waals surface area contributed by atoms with Gasteiger partial charge in [-0.25, -0.2) is 9.67 Å². The number of rotatable bonds is 7. The monoisotopic (exact) mass is 325 g/mol. The summed E-state index contributed by atoms with van der Waals surface area (Å²) in [6.45, 7) is 3.24. The maximum atomic E-state index is 12.7. The summed E-state index contributed by atoms with van der Waals surface area (Å²) in [4.78, 5) is 16.9. The molecule has 0 radical (unpaired) electrons. The van der Waals surface area contributed by atoms with E-state index in [0.29, 0.717) is 13.1 Å². The Morgan fingerprint density at radius 1 is 1.29 bits per heavy atom. The van der Waals surface area contributed by atoms with E-state index in [1.807, 2.05) is 41.1 Å². The van der Waals surface area contributed by atoms with Crippen molar-refractivity contribution in [3.8, 4) is 0 Å². The smallest absolute Gasteiger partial charge is 0.249 e. The van der Waals surface area contributed by atoms with Crippen molar-refractivity contribution in [2.45, 2.75) is 25.9 Å². The predicted molar refractivity (Wildman–Crippen MR) is 87.0 cm³/mol. The molecule has 0 aliphatic rings. The molecule has 1 N–H and O–H groups in total. The molecule has 124 valence electrons. The Hall–Kier alpha value is -3.03. The highest BCUT2D eigenvalue weighted by molar-refractivity contribution is 5.83. The predicted octanol–water partition coefficient (Wildman–Crippen LogP) is 0.838. The molecule has 0 saturated carbocycles. The third-order valence-electron chi connectivity index (χ3n) is 3.76. The van der Waals surface area contributed by atoms with Crippen molar-refractivity contribution in [3.63, 3.8) is 0 Å². The number of tetrazole rings is 1. The summed E-state index contributed by atoms with van der Waals surface area (Å²) in [6, 6.07) is 8.87. The number of hydrogen-bond donors (Lipinski definition) is 1. The first-order valence-electron chi connectivity index (χ1n) is 7.84. The standard InChI is InChI=1S/C16H19N7O/c1-2-14-17-8-10-22(14)11-9-18-16(24)15(23-12-19-20-21-23)13-6-4-3-5-7-13/h3-8,10,12,15H,2,9,11H2,1H3,(H,18,24)/t15-/m0/s1. The van der Waals surface area contributed by atoms with Gasteiger partial charge in [0.15, 0.2) is 6.04 Å². The van der Waals surface area contributed by atoms with E-state index in [4.69, 9.17) is 0 Å². The molecule has 0 saturated heterocycles. The summed E-state index contributed by atoms with van der Waals surface area (Å²) < 4.78 is 3.49. The van der Waals surface area contributed by atoms with Crippen LogP contribution >= 0.6 is 0 Å². The average Bonchev–Trinajstić information content (AvgIpc) is 3.28. The van der Waals surface area contributed by atoms with Crippen molar-refractivity contribution in [2.24, 2.45) is 0 Å². The van der Waals surface area contributed by atoms with Crippen LogP contribution in [0.2, 0.25) is 0 Å². The van der Waals surface area contributed by atoms with Gasteiger partial charge in [-0.2, -0.15) is 0 Å². The van der Waals surface area contributed by atoms with Gasteiger partial charge in [0.05, 0.1) is 0 Å². The second kappa shape index (κ2) is 7.49. The Morgan fingerprint density at radius 3 is 2.83 bits per heavy atom. The zero-order valence-electron chi connectivity index (χ0n) is 13.4. The summed E-state index contributed by atoms with van der Waals surface area (Å²) in [5.74, 6) is 0.857. The molecule has 1 atom stereocenters. The first-order chi connectivity index (χ1) is 11.8. The van der Waals surface area contributed by atoms with E-state index in [9.17, 15) is 4.79 Å². The van der Waals surface area contributed by atoms with Crippen LogP contribution in [0.4, 0.5) is 0 Å². The van der Waals surface area contributed by atoms with Crippen LogP contribution in [0.15, 0.2) is 49.1 Å². The highest BCUT2D eigenvalue weighted by Crippen LogP contribution is 2.16. The maximum absolute atomic E-state index is 12.7. The van der Waals surface area contributed by atoms with Crippen molar-refractivity contribution in [2.75, 3.05) is 6.54 Å². The largest absolute Gasteiger partial charge is 0.352 e. The SMILES string of the molecule is CCc1nccn1CCNC(=O)[C@H](c1ccccc1)n1cnnn1. The molecule has 3 rings (SSSR count). The molecule has 0 aliphatic heterocycles. The number of amides is 1. The highest BCUT2D eigenvalue weighted by atomic mass is 16.2. The molecule has 0 bridgehead atoms. The molecule has 1 aromatic carbocycles. The normalized spacial score (nSPS) is 12.0. The van der Waals surface area contributed by atoms with Crippen LogP contribution in [0.25, 0.3) is 0 Å². The number of carbonyl (C=O) groups excluding carboxylic acids is 1. The van der Waals surface area contributed by atoms with Gasteiger partial charge in [-0.3, -0.25) is 4.79 Å². The van der Waals surface area contributed by atoms with Crippen LogP contribution in [0.5, 0.6) is 0 Å². The van der Waals surface area contributed by atoms with Crippen molar-refractivity contribution in [1.29, 1.82) is 0 Å². The van der Waals surface area contributed by atoms with E-state index in [-0.39, 0.29) is 5.91 Å². The molecule has 2 heterocycles. The number of aryl methyl sites for hydroxylation is 1. The Labute approximate surface area is 139 Å². The lowest BCUT2D eigenvalue weighted by atomic mass is 10.1. The van der Waals surface area contributed by atoms with E-state index in [2.05, 4.69) is 32.7 Å². The van der Waals surface area contributed by atoms with Crippen LogP contribution in [0, 0.1) is 0 Å². The zero-order valence-corrected chi connectivity index (χ0v) is 13.4. The lowest BCUT2D eigenvalue weighted by molar-refractivity contribution is -0.123. The van der Waals surface area contributed by atoms with Gasteiger partial charge in [0, 0.05) is 31.9 Å². The molecule has 1 amide bonds. The molecule has 3 aromatic rings. The Balaban J connectivity index is 1.68. The summed E-state index contributed by atoms with van der Waals surface area (Å²) in [5.41, 5.74) is 0.833. The van der Waals surface area contributed by atoms with Crippen LogP contribution in [0.1, 0.15) is 24.4 Å². The lowest BCUT2D eigenvalue weighted by Crippen LogP contribution is -2.35. The summed E-state index contributed by atoms with van der Waals surface area (Å²) in [5, 5.41) is 14.1. The molecule has 2 aromatic heterocycles. The number of benzene rings is 1. The van der Waals surface area contributed by atoms with E-state index in [0.717, 1.165) is 17.8 Å². The average molecular weight is 325 g/mol. The number of aromatic nitrogens is 6. The van der Waals surface area contributed by atoms with Crippen LogP contribution in [0.3, 0.4) is 0 Å². The number of carbonyl (C=O) groups is 1. The van der Waals surface area contributed by atoms with Crippen molar-refractivity contribution in [1.82, 2.24) is 35.1 Å². The molecule has 0 unspecified atom stereocenters. The quantitative estimate of drug-likeness (QED) is 0.695. The van der Waals surface area contributed by atoms with Crippen LogP contribution < -0.4 is 5.32 Å². The Kier molecular flexibility index (Phi) is 4.95. The van der Waals surface area contributed by atoms with Gasteiger partial charge in [-0.15, -0.1) is 5.10 Å². The molecular weight excluding hydrogens is 306 g/mol. The fourth-order valence-corrected chi connectivity index (χ4v) is 2.60. The van der Waals surface area contributed by atoms with Crippen LogP contribution in [-0.2, 0) is 17.8 Å². The summed E-state index contributed by atoms with van der Waals surface area (Å²) in [7, 11) is 0. The minimum absolute atomic E-state index is 0.147. The second-order valence-electron chi connectivity index (χ2n) is 5.28. The zero-order chi connectivity index (χ0) is 16.8. The number of imidazole rings is 1. The summed E-state index contributed by atoms with van der Waals surface area (Å²) in [6.07, 6.45) is 6.00. The third kappa shape index (κ3) is 3.48. The summed E-state index contributed by atoms with van der Waals surface area (Å²) >= 11 is 0.